The maximum atomic E-state index is 3.97. The zero-order valence-electron chi connectivity index (χ0n) is 7.85. The minimum Gasteiger partial charge on any atom is -0.355 e. The zero-order chi connectivity index (χ0) is 9.42. The third-order valence-electron chi connectivity index (χ3n) is 2.47. The third kappa shape index (κ3) is 1.17. The highest BCUT2D eigenvalue weighted by molar-refractivity contribution is 5.80. The highest BCUT2D eigenvalue weighted by Gasteiger charge is 1.97. The van der Waals surface area contributed by atoms with Gasteiger partial charge in [-0.1, -0.05) is 32.2 Å². The molecule has 0 radical (unpaired) electrons. The molecule has 1 N–H and O–H groups in total. The zero-order valence-corrected chi connectivity index (χ0v) is 7.85. The average Bonchev–Trinajstić information content (AvgIpc) is 2.42. The van der Waals surface area contributed by atoms with Crippen molar-refractivity contribution >= 4 is 24.1 Å². The number of aromatic nitrogens is 1. The minimum absolute atomic E-state index is 0.920. The molecule has 0 spiro atoms. The standard InChI is InChI=1S/C12H13N/c1-4-10-5-6-11-8(2)9(3)13-12(11)7-10/h5-7,13H,2-4H2,1H3. The van der Waals surface area contributed by atoms with Crippen molar-refractivity contribution in [2.75, 3.05) is 0 Å². The Hall–Kier alpha value is -1.50. The van der Waals surface area contributed by atoms with Crippen LogP contribution in [0.25, 0.3) is 24.1 Å². The highest BCUT2D eigenvalue weighted by atomic mass is 14.7. The van der Waals surface area contributed by atoms with E-state index < -0.39 is 0 Å². The molecule has 0 atom stereocenters. The second kappa shape index (κ2) is 2.77. The number of aromatic amines is 1. The second-order valence-corrected chi connectivity index (χ2v) is 3.32. The predicted octanol–water partition coefficient (Wildman–Crippen LogP) is 1.55. The Balaban J connectivity index is 2.88. The SMILES string of the molecule is C=c1[nH]c2cc(CC)ccc2c1=C. The Kier molecular flexibility index (Phi) is 1.73. The van der Waals surface area contributed by atoms with Gasteiger partial charge in [-0.15, -0.1) is 0 Å². The van der Waals surface area contributed by atoms with Crippen LogP contribution in [0.4, 0.5) is 0 Å². The Morgan fingerprint density at radius 3 is 2.77 bits per heavy atom. The van der Waals surface area contributed by atoms with Crippen LogP contribution in [0.5, 0.6) is 0 Å². The van der Waals surface area contributed by atoms with Crippen molar-refractivity contribution in [2.45, 2.75) is 13.3 Å². The van der Waals surface area contributed by atoms with Crippen LogP contribution in [0.3, 0.4) is 0 Å². The molecule has 0 aliphatic rings. The summed E-state index contributed by atoms with van der Waals surface area (Å²) in [5, 5.41) is 3.11. The van der Waals surface area contributed by atoms with Crippen LogP contribution in [0.15, 0.2) is 18.2 Å². The first-order chi connectivity index (χ1) is 6.22. The number of nitrogens with one attached hydrogen (secondary N) is 1. The number of hydrogen-bond donors (Lipinski definition) is 1. The molecule has 2 rings (SSSR count). The van der Waals surface area contributed by atoms with E-state index in [1.54, 1.807) is 0 Å². The van der Waals surface area contributed by atoms with Crippen LogP contribution in [0.2, 0.25) is 0 Å². The van der Waals surface area contributed by atoms with Crippen LogP contribution in [-0.4, -0.2) is 4.98 Å². The van der Waals surface area contributed by atoms with Gasteiger partial charge in [0.2, 0.25) is 0 Å². The maximum absolute atomic E-state index is 3.97. The van der Waals surface area contributed by atoms with Crippen LogP contribution >= 0.6 is 0 Å². The van der Waals surface area contributed by atoms with Gasteiger partial charge in [0, 0.05) is 16.3 Å². The Morgan fingerprint density at radius 2 is 2.08 bits per heavy atom. The van der Waals surface area contributed by atoms with E-state index in [4.69, 9.17) is 0 Å². The minimum atomic E-state index is 0.920. The summed E-state index contributed by atoms with van der Waals surface area (Å²) in [5.41, 5.74) is 2.49. The fraction of sp³-hybridized carbons (Fsp3) is 0.167. The van der Waals surface area contributed by atoms with Gasteiger partial charge in [-0.3, -0.25) is 0 Å². The molecule has 1 heterocycles. The summed E-state index contributed by atoms with van der Waals surface area (Å²) in [6.07, 6.45) is 1.06. The molecule has 0 fully saturated rings. The van der Waals surface area contributed by atoms with Crippen molar-refractivity contribution in [1.29, 1.82) is 0 Å². The molecule has 0 saturated heterocycles. The first kappa shape index (κ1) is 8.11. The summed E-state index contributed by atoms with van der Waals surface area (Å²) < 4.78 is 0. The van der Waals surface area contributed by atoms with Crippen LogP contribution < -0.4 is 10.6 Å². The van der Waals surface area contributed by atoms with Gasteiger partial charge in [0.1, 0.15) is 0 Å². The topological polar surface area (TPSA) is 15.8 Å². The van der Waals surface area contributed by atoms with Gasteiger partial charge in [0.05, 0.1) is 0 Å². The fourth-order valence-electron chi connectivity index (χ4n) is 1.58. The number of rotatable bonds is 1. The van der Waals surface area contributed by atoms with E-state index in [1.165, 1.54) is 10.9 Å². The monoisotopic (exact) mass is 171 g/mol. The fourth-order valence-corrected chi connectivity index (χ4v) is 1.58. The van der Waals surface area contributed by atoms with Crippen LogP contribution in [0.1, 0.15) is 12.5 Å². The second-order valence-electron chi connectivity index (χ2n) is 3.32. The number of hydrogen-bond acceptors (Lipinski definition) is 0. The predicted molar refractivity (Wildman–Crippen MR) is 58.0 cm³/mol. The summed E-state index contributed by atoms with van der Waals surface area (Å²) in [6.45, 7) is 10.0. The van der Waals surface area contributed by atoms with Gasteiger partial charge in [0.15, 0.2) is 0 Å². The van der Waals surface area contributed by atoms with Gasteiger partial charge in [-0.25, -0.2) is 0 Å². The Labute approximate surface area is 77.4 Å². The maximum Gasteiger partial charge on any atom is 0.0467 e. The van der Waals surface area contributed by atoms with Gasteiger partial charge < -0.3 is 4.98 Å². The van der Waals surface area contributed by atoms with Crippen molar-refractivity contribution in [3.63, 3.8) is 0 Å². The first-order valence-electron chi connectivity index (χ1n) is 4.51. The average molecular weight is 171 g/mol. The van der Waals surface area contributed by atoms with Gasteiger partial charge in [-0.05, 0) is 23.3 Å². The van der Waals surface area contributed by atoms with Crippen molar-refractivity contribution in [2.24, 2.45) is 0 Å². The molecule has 0 amide bonds. The summed E-state index contributed by atoms with van der Waals surface area (Å²) in [6, 6.07) is 6.42. The van der Waals surface area contributed by atoms with Crippen molar-refractivity contribution in [3.05, 3.63) is 34.3 Å². The van der Waals surface area contributed by atoms with E-state index in [2.05, 4.69) is 43.3 Å². The largest absolute Gasteiger partial charge is 0.355 e. The van der Waals surface area contributed by atoms with Gasteiger partial charge in [-0.2, -0.15) is 0 Å². The van der Waals surface area contributed by atoms with E-state index >= 15 is 0 Å². The smallest absolute Gasteiger partial charge is 0.0467 e. The molecule has 1 heteroatoms. The molecule has 1 nitrogen and oxygen atoms in total. The highest BCUT2D eigenvalue weighted by Crippen LogP contribution is 2.09. The molecule has 0 unspecified atom stereocenters. The third-order valence-corrected chi connectivity index (χ3v) is 2.47. The number of H-pyrrole nitrogens is 1. The van der Waals surface area contributed by atoms with Crippen molar-refractivity contribution in [3.8, 4) is 0 Å². The van der Waals surface area contributed by atoms with E-state index in [0.29, 0.717) is 0 Å². The van der Waals surface area contributed by atoms with Crippen molar-refractivity contribution < 1.29 is 0 Å². The molecule has 13 heavy (non-hydrogen) atoms. The van der Waals surface area contributed by atoms with E-state index in [0.717, 1.165) is 22.5 Å². The Bertz CT molecular complexity index is 534. The van der Waals surface area contributed by atoms with Gasteiger partial charge in [0.25, 0.3) is 0 Å². The first-order valence-corrected chi connectivity index (χ1v) is 4.51. The molecule has 66 valence electrons. The van der Waals surface area contributed by atoms with E-state index in [9.17, 15) is 0 Å². The summed E-state index contributed by atoms with van der Waals surface area (Å²) in [7, 11) is 0. The number of benzene rings is 1. The van der Waals surface area contributed by atoms with E-state index in [-0.39, 0.29) is 0 Å². The lowest BCUT2D eigenvalue weighted by Gasteiger charge is -1.95. The van der Waals surface area contributed by atoms with Crippen LogP contribution in [0, 0.1) is 0 Å². The molecule has 1 aromatic carbocycles. The molecule has 0 aliphatic carbocycles. The van der Waals surface area contributed by atoms with Crippen molar-refractivity contribution in [1.82, 2.24) is 4.98 Å². The lowest BCUT2D eigenvalue weighted by Crippen LogP contribution is -2.18. The van der Waals surface area contributed by atoms with Gasteiger partial charge >= 0.3 is 0 Å². The molecule has 1 aromatic heterocycles. The molecule has 0 saturated carbocycles. The molecule has 0 bridgehead atoms. The lowest BCUT2D eigenvalue weighted by molar-refractivity contribution is 1.14. The number of fused-ring (bicyclic) bond motifs is 1. The molecular weight excluding hydrogens is 158 g/mol. The van der Waals surface area contributed by atoms with E-state index in [1.807, 2.05) is 0 Å². The lowest BCUT2D eigenvalue weighted by atomic mass is 10.1. The molecule has 2 aromatic rings. The molecule has 0 aliphatic heterocycles. The molecular formula is C12H13N. The summed E-state index contributed by atoms with van der Waals surface area (Å²) >= 11 is 0. The quantitative estimate of drug-likeness (QED) is 0.670. The summed E-state index contributed by atoms with van der Waals surface area (Å²) in [4.78, 5) is 3.23. The normalized spacial score (nSPS) is 10.8. The summed E-state index contributed by atoms with van der Waals surface area (Å²) in [5.74, 6) is 0. The number of aryl methyl sites for hydroxylation is 1. The Morgan fingerprint density at radius 1 is 1.31 bits per heavy atom. The van der Waals surface area contributed by atoms with Crippen LogP contribution in [-0.2, 0) is 6.42 Å².